The Morgan fingerprint density at radius 2 is 0.868 bits per heavy atom. The van der Waals surface area contributed by atoms with Gasteiger partial charge < -0.3 is 5.32 Å². The van der Waals surface area contributed by atoms with Gasteiger partial charge in [-0.05, 0) is 85.9 Å². The number of benzene rings is 7. The molecule has 1 heterocycles. The first-order chi connectivity index (χ1) is 18.8. The Bertz CT molecular complexity index is 2120. The van der Waals surface area contributed by atoms with Gasteiger partial charge in [0.25, 0.3) is 0 Å². The Morgan fingerprint density at radius 3 is 1.58 bits per heavy atom. The summed E-state index contributed by atoms with van der Waals surface area (Å²) in [5.74, 6) is 0. The van der Waals surface area contributed by atoms with Crippen molar-refractivity contribution in [2.75, 3.05) is 5.32 Å². The van der Waals surface area contributed by atoms with Crippen LogP contribution in [0.3, 0.4) is 0 Å². The van der Waals surface area contributed by atoms with E-state index in [0.717, 1.165) is 11.4 Å². The molecule has 2 heteroatoms. The standard InChI is InChI=1S/C36H23NS/c1-2-9-29-27(7-1)28-8-3-4-10-30(28)33-21-24(15-19-31(29)33)23-13-16-25(17-14-23)37-26-18-20-36-34(22-26)32-11-5-6-12-35(32)38-36/h1-22,37H. The van der Waals surface area contributed by atoms with Crippen LogP contribution in [0, 0.1) is 0 Å². The molecule has 178 valence electrons. The first-order valence-electron chi connectivity index (χ1n) is 12.9. The van der Waals surface area contributed by atoms with Gasteiger partial charge in [-0.3, -0.25) is 0 Å². The molecule has 1 nitrogen and oxygen atoms in total. The fourth-order valence-electron chi connectivity index (χ4n) is 5.80. The van der Waals surface area contributed by atoms with Crippen molar-refractivity contribution in [2.45, 2.75) is 0 Å². The molecular formula is C36H23NS. The second kappa shape index (κ2) is 8.44. The molecule has 1 N–H and O–H groups in total. The van der Waals surface area contributed by atoms with Gasteiger partial charge in [0.15, 0.2) is 0 Å². The van der Waals surface area contributed by atoms with Gasteiger partial charge in [-0.25, -0.2) is 0 Å². The van der Waals surface area contributed by atoms with E-state index in [2.05, 4.69) is 139 Å². The van der Waals surface area contributed by atoms with Crippen LogP contribution in [0.25, 0.3) is 63.6 Å². The fraction of sp³-hybridized carbons (Fsp3) is 0. The average molecular weight is 502 g/mol. The predicted octanol–water partition coefficient (Wildman–Crippen LogP) is 10.9. The second-order valence-corrected chi connectivity index (χ2v) is 10.9. The van der Waals surface area contributed by atoms with Crippen LogP contribution >= 0.6 is 11.3 Å². The van der Waals surface area contributed by atoms with Crippen LogP contribution in [0.1, 0.15) is 0 Å². The maximum Gasteiger partial charge on any atom is 0.0391 e. The highest BCUT2D eigenvalue weighted by Crippen LogP contribution is 2.38. The summed E-state index contributed by atoms with van der Waals surface area (Å²) >= 11 is 1.85. The second-order valence-electron chi connectivity index (χ2n) is 9.86. The molecule has 7 aromatic carbocycles. The lowest BCUT2D eigenvalue weighted by Gasteiger charge is -2.12. The maximum atomic E-state index is 3.61. The molecule has 0 atom stereocenters. The first kappa shape index (κ1) is 21.4. The topological polar surface area (TPSA) is 12.0 Å². The lowest BCUT2D eigenvalue weighted by atomic mass is 9.92. The number of hydrogen-bond donors (Lipinski definition) is 1. The summed E-state index contributed by atoms with van der Waals surface area (Å²) in [5, 5.41) is 14.1. The molecule has 0 bridgehead atoms. The molecule has 8 rings (SSSR count). The summed E-state index contributed by atoms with van der Waals surface area (Å²) in [7, 11) is 0. The van der Waals surface area contributed by atoms with Crippen LogP contribution < -0.4 is 5.32 Å². The molecule has 0 aliphatic heterocycles. The zero-order valence-electron chi connectivity index (χ0n) is 20.6. The molecule has 0 saturated carbocycles. The third-order valence-corrected chi connectivity index (χ3v) is 8.78. The normalized spacial score (nSPS) is 11.7. The lowest BCUT2D eigenvalue weighted by molar-refractivity contribution is 1.56. The van der Waals surface area contributed by atoms with Crippen LogP contribution in [-0.2, 0) is 0 Å². The van der Waals surface area contributed by atoms with E-state index in [0.29, 0.717) is 0 Å². The van der Waals surface area contributed by atoms with Crippen LogP contribution in [0.2, 0.25) is 0 Å². The van der Waals surface area contributed by atoms with Crippen molar-refractivity contribution in [1.82, 2.24) is 0 Å². The van der Waals surface area contributed by atoms with Gasteiger partial charge in [-0.15, -0.1) is 11.3 Å². The van der Waals surface area contributed by atoms with E-state index in [4.69, 9.17) is 0 Å². The largest absolute Gasteiger partial charge is 0.356 e. The molecule has 0 unspecified atom stereocenters. The molecular weight excluding hydrogens is 478 g/mol. The van der Waals surface area contributed by atoms with E-state index in [-0.39, 0.29) is 0 Å². The predicted molar refractivity (Wildman–Crippen MR) is 167 cm³/mol. The van der Waals surface area contributed by atoms with Crippen LogP contribution in [0.15, 0.2) is 133 Å². The van der Waals surface area contributed by atoms with Gasteiger partial charge in [0.05, 0.1) is 0 Å². The van der Waals surface area contributed by atoms with E-state index >= 15 is 0 Å². The number of anilines is 2. The molecule has 0 fully saturated rings. The van der Waals surface area contributed by atoms with E-state index in [1.54, 1.807) is 0 Å². The Hall–Kier alpha value is -4.66. The monoisotopic (exact) mass is 501 g/mol. The summed E-state index contributed by atoms with van der Waals surface area (Å²) in [4.78, 5) is 0. The Balaban J connectivity index is 1.17. The van der Waals surface area contributed by atoms with Crippen molar-refractivity contribution >= 4 is 75.2 Å². The van der Waals surface area contributed by atoms with E-state index in [1.165, 1.54) is 63.6 Å². The summed E-state index contributed by atoms with van der Waals surface area (Å²) in [5.41, 5.74) is 4.65. The van der Waals surface area contributed by atoms with Gasteiger partial charge in [-0.2, -0.15) is 0 Å². The third-order valence-electron chi connectivity index (χ3n) is 7.63. The van der Waals surface area contributed by atoms with E-state index < -0.39 is 0 Å². The van der Waals surface area contributed by atoms with Crippen molar-refractivity contribution < 1.29 is 0 Å². The van der Waals surface area contributed by atoms with Crippen molar-refractivity contribution in [3.8, 4) is 11.1 Å². The van der Waals surface area contributed by atoms with Crippen molar-refractivity contribution in [2.24, 2.45) is 0 Å². The average Bonchev–Trinajstić information content (AvgIpc) is 3.35. The van der Waals surface area contributed by atoms with E-state index in [1.807, 2.05) is 11.3 Å². The van der Waals surface area contributed by atoms with Crippen molar-refractivity contribution in [1.29, 1.82) is 0 Å². The lowest BCUT2D eigenvalue weighted by Crippen LogP contribution is -1.90. The van der Waals surface area contributed by atoms with Crippen LogP contribution in [0.4, 0.5) is 11.4 Å². The van der Waals surface area contributed by atoms with Gasteiger partial charge in [-0.1, -0.05) is 91.0 Å². The van der Waals surface area contributed by atoms with Gasteiger partial charge in [0.1, 0.15) is 0 Å². The highest BCUT2D eigenvalue weighted by molar-refractivity contribution is 7.25. The van der Waals surface area contributed by atoms with Gasteiger partial charge in [0, 0.05) is 31.5 Å². The van der Waals surface area contributed by atoms with Crippen LogP contribution in [-0.4, -0.2) is 0 Å². The highest BCUT2D eigenvalue weighted by Gasteiger charge is 2.10. The zero-order chi connectivity index (χ0) is 25.1. The molecule has 1 aromatic heterocycles. The van der Waals surface area contributed by atoms with Gasteiger partial charge in [0.2, 0.25) is 0 Å². The first-order valence-corrected chi connectivity index (χ1v) is 13.8. The quantitative estimate of drug-likeness (QED) is 0.237. The Morgan fingerprint density at radius 1 is 0.342 bits per heavy atom. The third kappa shape index (κ3) is 3.38. The summed E-state index contributed by atoms with van der Waals surface area (Å²) in [6.45, 7) is 0. The highest BCUT2D eigenvalue weighted by atomic mass is 32.1. The minimum Gasteiger partial charge on any atom is -0.356 e. The molecule has 0 saturated heterocycles. The SMILES string of the molecule is c1ccc2c(c1)sc1ccc(Nc3ccc(-c4ccc5c6ccccc6c6ccccc6c5c4)cc3)cc12. The molecule has 38 heavy (non-hydrogen) atoms. The molecule has 0 amide bonds. The van der Waals surface area contributed by atoms with Crippen molar-refractivity contribution in [3.05, 3.63) is 133 Å². The molecule has 0 spiro atoms. The molecule has 8 aromatic rings. The number of hydrogen-bond acceptors (Lipinski definition) is 2. The van der Waals surface area contributed by atoms with Gasteiger partial charge >= 0.3 is 0 Å². The Labute approximate surface area is 224 Å². The zero-order valence-corrected chi connectivity index (χ0v) is 21.4. The van der Waals surface area contributed by atoms with Crippen LogP contribution in [0.5, 0.6) is 0 Å². The number of fused-ring (bicyclic) bond motifs is 9. The molecule has 0 radical (unpaired) electrons. The molecule has 0 aliphatic rings. The minimum atomic E-state index is 1.09. The number of nitrogens with one attached hydrogen (secondary N) is 1. The molecule has 0 aliphatic carbocycles. The summed E-state index contributed by atoms with van der Waals surface area (Å²) < 4.78 is 2.66. The van der Waals surface area contributed by atoms with E-state index in [9.17, 15) is 0 Å². The minimum absolute atomic E-state index is 1.09. The van der Waals surface area contributed by atoms with Crippen molar-refractivity contribution in [3.63, 3.8) is 0 Å². The fourth-order valence-corrected chi connectivity index (χ4v) is 6.89. The maximum absolute atomic E-state index is 3.61. The number of thiophene rings is 1. The summed E-state index contributed by atoms with van der Waals surface area (Å²) in [6.07, 6.45) is 0. The summed E-state index contributed by atoms with van der Waals surface area (Å²) in [6, 6.07) is 48.4. The smallest absolute Gasteiger partial charge is 0.0391 e. The number of rotatable bonds is 3. The Kier molecular flexibility index (Phi) is 4.76.